The highest BCUT2D eigenvalue weighted by molar-refractivity contribution is 5.52. The molecule has 0 aliphatic carbocycles. The molecule has 7 nitrogen and oxygen atoms in total. The molecule has 3 aromatic rings. The van der Waals surface area contributed by atoms with Crippen LogP contribution in [0.3, 0.4) is 0 Å². The SMILES string of the molecule is C#CCOc1ccc(CN2CCCC(c3cc(=O)[nH]c(-c4cccnc4)n3)C2)cc1OC. The van der Waals surface area contributed by atoms with Crippen molar-refractivity contribution in [2.45, 2.75) is 25.3 Å². The van der Waals surface area contributed by atoms with Crippen molar-refractivity contribution in [3.63, 3.8) is 0 Å². The highest BCUT2D eigenvalue weighted by atomic mass is 16.5. The highest BCUT2D eigenvalue weighted by Crippen LogP contribution is 2.31. The van der Waals surface area contributed by atoms with Crippen molar-refractivity contribution < 1.29 is 9.47 Å². The van der Waals surface area contributed by atoms with E-state index in [-0.39, 0.29) is 18.1 Å². The van der Waals surface area contributed by atoms with E-state index in [1.165, 1.54) is 0 Å². The van der Waals surface area contributed by atoms with E-state index in [1.54, 1.807) is 25.6 Å². The monoisotopic (exact) mass is 430 g/mol. The summed E-state index contributed by atoms with van der Waals surface area (Å²) in [6.45, 7) is 2.81. The second-order valence-corrected chi connectivity index (χ2v) is 7.81. The van der Waals surface area contributed by atoms with Crippen molar-refractivity contribution in [1.29, 1.82) is 0 Å². The molecule has 1 N–H and O–H groups in total. The van der Waals surface area contributed by atoms with Gasteiger partial charge in [-0.1, -0.05) is 12.0 Å². The number of likely N-dealkylation sites (tertiary alicyclic amines) is 1. The van der Waals surface area contributed by atoms with E-state index < -0.39 is 0 Å². The van der Waals surface area contributed by atoms with Crippen LogP contribution in [0, 0.1) is 12.3 Å². The molecule has 1 aliphatic rings. The molecule has 164 valence electrons. The number of aromatic nitrogens is 3. The Bertz CT molecular complexity index is 1150. The molecule has 0 amide bonds. The minimum absolute atomic E-state index is 0.140. The number of hydrogen-bond acceptors (Lipinski definition) is 6. The molecule has 1 aliphatic heterocycles. The standard InChI is InChI=1S/C25H26N4O3/c1-3-12-32-22-9-8-18(13-23(22)31-2)16-29-11-5-7-20(17-29)21-14-24(30)28-25(27-21)19-6-4-10-26-15-19/h1,4,6,8-10,13-15,20H,5,7,11-12,16-17H2,2H3,(H,27,28,30). The fraction of sp³-hybridized carbons (Fsp3) is 0.320. The first-order chi connectivity index (χ1) is 15.7. The van der Waals surface area contributed by atoms with Gasteiger partial charge in [0.1, 0.15) is 12.4 Å². The van der Waals surface area contributed by atoms with E-state index in [2.05, 4.69) is 20.8 Å². The number of aromatic amines is 1. The van der Waals surface area contributed by atoms with Gasteiger partial charge in [0.05, 0.1) is 12.8 Å². The Morgan fingerprint density at radius 1 is 1.28 bits per heavy atom. The number of nitrogens with zero attached hydrogens (tertiary/aromatic N) is 3. The zero-order chi connectivity index (χ0) is 22.3. The van der Waals surface area contributed by atoms with Crippen LogP contribution in [-0.2, 0) is 6.54 Å². The van der Waals surface area contributed by atoms with Crippen LogP contribution in [0.25, 0.3) is 11.4 Å². The maximum absolute atomic E-state index is 12.3. The topological polar surface area (TPSA) is 80.3 Å². The molecule has 1 aromatic carbocycles. The Morgan fingerprint density at radius 2 is 2.19 bits per heavy atom. The summed E-state index contributed by atoms with van der Waals surface area (Å²) in [6, 6.07) is 11.3. The molecule has 0 radical (unpaired) electrons. The van der Waals surface area contributed by atoms with Gasteiger partial charge in [-0.2, -0.15) is 0 Å². The minimum Gasteiger partial charge on any atom is -0.493 e. The molecule has 32 heavy (non-hydrogen) atoms. The molecule has 0 saturated carbocycles. The van der Waals surface area contributed by atoms with Crippen LogP contribution < -0.4 is 15.0 Å². The average Bonchev–Trinajstić information content (AvgIpc) is 2.83. The molecule has 2 aromatic heterocycles. The van der Waals surface area contributed by atoms with E-state index >= 15 is 0 Å². The predicted octanol–water partition coefficient (Wildman–Crippen LogP) is 3.23. The van der Waals surface area contributed by atoms with Gasteiger partial charge >= 0.3 is 0 Å². The van der Waals surface area contributed by atoms with E-state index in [9.17, 15) is 4.79 Å². The molecule has 1 fully saturated rings. The number of nitrogens with one attached hydrogen (secondary N) is 1. The number of benzene rings is 1. The molecule has 1 atom stereocenters. The van der Waals surface area contributed by atoms with Crippen LogP contribution in [0.15, 0.2) is 53.6 Å². The number of H-pyrrole nitrogens is 1. The van der Waals surface area contributed by atoms with E-state index in [0.29, 0.717) is 17.3 Å². The van der Waals surface area contributed by atoms with Gasteiger partial charge in [-0.15, -0.1) is 6.42 Å². The summed E-state index contributed by atoms with van der Waals surface area (Å²) in [5.41, 5.74) is 2.62. The molecule has 1 unspecified atom stereocenters. The summed E-state index contributed by atoms with van der Waals surface area (Å²) in [5.74, 6) is 4.53. The molecule has 4 rings (SSSR count). The first-order valence-electron chi connectivity index (χ1n) is 10.6. The van der Waals surface area contributed by atoms with Crippen molar-refractivity contribution in [2.75, 3.05) is 26.8 Å². The molecular formula is C25H26N4O3. The van der Waals surface area contributed by atoms with Crippen LogP contribution in [0.5, 0.6) is 11.5 Å². The van der Waals surface area contributed by atoms with Crippen molar-refractivity contribution in [3.8, 4) is 35.2 Å². The summed E-state index contributed by atoms with van der Waals surface area (Å²) < 4.78 is 11.0. The normalized spacial score (nSPS) is 16.3. The van der Waals surface area contributed by atoms with Gasteiger partial charge in [0, 0.05) is 43.0 Å². The fourth-order valence-corrected chi connectivity index (χ4v) is 4.07. The third-order valence-corrected chi connectivity index (χ3v) is 5.57. The van der Waals surface area contributed by atoms with Crippen molar-refractivity contribution in [2.24, 2.45) is 0 Å². The Hall–Kier alpha value is -3.63. The number of terminal acetylenes is 1. The van der Waals surface area contributed by atoms with Crippen LogP contribution in [0.1, 0.15) is 30.0 Å². The Balaban J connectivity index is 1.49. The van der Waals surface area contributed by atoms with Crippen molar-refractivity contribution >= 4 is 0 Å². The van der Waals surface area contributed by atoms with Gasteiger partial charge in [0.2, 0.25) is 0 Å². The predicted molar refractivity (Wildman–Crippen MR) is 123 cm³/mol. The highest BCUT2D eigenvalue weighted by Gasteiger charge is 2.24. The lowest BCUT2D eigenvalue weighted by Gasteiger charge is -2.32. The number of methoxy groups -OCH3 is 1. The van der Waals surface area contributed by atoms with E-state index in [1.807, 2.05) is 30.3 Å². The number of rotatable bonds is 7. The first-order valence-corrected chi connectivity index (χ1v) is 10.6. The zero-order valence-corrected chi connectivity index (χ0v) is 18.1. The van der Waals surface area contributed by atoms with Crippen LogP contribution in [0.4, 0.5) is 0 Å². The Labute approximate surface area is 187 Å². The summed E-state index contributed by atoms with van der Waals surface area (Å²) in [5, 5.41) is 0. The third-order valence-electron chi connectivity index (χ3n) is 5.57. The minimum atomic E-state index is -0.140. The van der Waals surface area contributed by atoms with Crippen molar-refractivity contribution in [3.05, 3.63) is 70.4 Å². The van der Waals surface area contributed by atoms with E-state index in [4.69, 9.17) is 20.9 Å². The summed E-state index contributed by atoms with van der Waals surface area (Å²) in [7, 11) is 1.62. The molecule has 0 bridgehead atoms. The Morgan fingerprint density at radius 3 is 2.97 bits per heavy atom. The lowest BCUT2D eigenvalue weighted by Crippen LogP contribution is -2.34. The van der Waals surface area contributed by atoms with Gasteiger partial charge in [-0.3, -0.25) is 14.7 Å². The van der Waals surface area contributed by atoms with Gasteiger partial charge in [0.15, 0.2) is 11.5 Å². The largest absolute Gasteiger partial charge is 0.493 e. The number of pyridine rings is 1. The second kappa shape index (κ2) is 10.1. The van der Waals surface area contributed by atoms with Crippen LogP contribution in [-0.4, -0.2) is 46.7 Å². The zero-order valence-electron chi connectivity index (χ0n) is 18.1. The smallest absolute Gasteiger partial charge is 0.251 e. The summed E-state index contributed by atoms with van der Waals surface area (Å²) >= 11 is 0. The van der Waals surface area contributed by atoms with E-state index in [0.717, 1.165) is 49.3 Å². The third kappa shape index (κ3) is 5.16. The number of hydrogen-bond donors (Lipinski definition) is 1. The first kappa shape index (κ1) is 21.6. The lowest BCUT2D eigenvalue weighted by molar-refractivity contribution is 0.198. The van der Waals surface area contributed by atoms with Crippen molar-refractivity contribution in [1.82, 2.24) is 19.9 Å². The van der Waals surface area contributed by atoms with Gasteiger partial charge < -0.3 is 14.5 Å². The number of ether oxygens (including phenoxy) is 2. The molecular weight excluding hydrogens is 404 g/mol. The lowest BCUT2D eigenvalue weighted by atomic mass is 9.94. The average molecular weight is 431 g/mol. The maximum atomic E-state index is 12.3. The molecule has 1 saturated heterocycles. The summed E-state index contributed by atoms with van der Waals surface area (Å²) in [6.07, 6.45) is 10.7. The quantitative estimate of drug-likeness (QED) is 0.580. The van der Waals surface area contributed by atoms with Gasteiger partial charge in [-0.25, -0.2) is 4.98 Å². The molecule has 7 heteroatoms. The Kier molecular flexibility index (Phi) is 6.83. The fourth-order valence-electron chi connectivity index (χ4n) is 4.07. The molecule has 0 spiro atoms. The van der Waals surface area contributed by atoms with Crippen LogP contribution >= 0.6 is 0 Å². The van der Waals surface area contributed by atoms with Gasteiger partial charge in [-0.05, 0) is 49.2 Å². The maximum Gasteiger partial charge on any atom is 0.251 e. The summed E-state index contributed by atoms with van der Waals surface area (Å²) in [4.78, 5) is 26.4. The number of piperidine rings is 1. The second-order valence-electron chi connectivity index (χ2n) is 7.81. The van der Waals surface area contributed by atoms with Gasteiger partial charge in [0.25, 0.3) is 5.56 Å². The van der Waals surface area contributed by atoms with Crippen LogP contribution in [0.2, 0.25) is 0 Å². The molecule has 3 heterocycles.